The predicted octanol–water partition coefficient (Wildman–Crippen LogP) is 0.228. The minimum atomic E-state index is -1.39. The monoisotopic (exact) mass is 326 g/mol. The van der Waals surface area contributed by atoms with Crippen molar-refractivity contribution >= 4 is 5.97 Å². The van der Waals surface area contributed by atoms with E-state index in [9.17, 15) is 15.0 Å². The van der Waals surface area contributed by atoms with Crippen LogP contribution in [0, 0.1) is 0 Å². The minimum Gasteiger partial charge on any atom is -0.454 e. The van der Waals surface area contributed by atoms with Crippen LogP contribution in [0.25, 0.3) is 0 Å². The smallest absolute Gasteiger partial charge is 0.303 e. The highest BCUT2D eigenvalue weighted by Crippen LogP contribution is 2.25. The lowest BCUT2D eigenvalue weighted by Gasteiger charge is -2.41. The Kier molecular flexibility index (Phi) is 6.49. The molecule has 0 aromatic heterocycles. The fraction of sp³-hybridized carbons (Fsp3) is 0.562. The molecule has 128 valence electrons. The topological polar surface area (TPSA) is 94.5 Å². The van der Waals surface area contributed by atoms with Crippen LogP contribution in [0.4, 0.5) is 0 Å². The van der Waals surface area contributed by atoms with Crippen LogP contribution < -0.4 is 0 Å². The van der Waals surface area contributed by atoms with Gasteiger partial charge in [0, 0.05) is 14.0 Å². The van der Waals surface area contributed by atoms with E-state index in [0.717, 1.165) is 5.56 Å². The quantitative estimate of drug-likeness (QED) is 0.723. The first kappa shape index (κ1) is 17.8. The molecular weight excluding hydrogens is 304 g/mol. The summed E-state index contributed by atoms with van der Waals surface area (Å²) in [5.41, 5.74) is 0.986. The molecular formula is C16H22O7. The van der Waals surface area contributed by atoms with Crippen molar-refractivity contribution in [1.82, 2.24) is 0 Å². The Morgan fingerprint density at radius 2 is 1.91 bits per heavy atom. The average Bonchev–Trinajstić information content (AvgIpc) is 2.53. The van der Waals surface area contributed by atoms with E-state index in [1.807, 2.05) is 30.3 Å². The van der Waals surface area contributed by atoms with Gasteiger partial charge in [-0.2, -0.15) is 0 Å². The van der Waals surface area contributed by atoms with Gasteiger partial charge in [0.2, 0.25) is 0 Å². The van der Waals surface area contributed by atoms with E-state index >= 15 is 0 Å². The van der Waals surface area contributed by atoms with Crippen LogP contribution in [0.3, 0.4) is 0 Å². The van der Waals surface area contributed by atoms with Gasteiger partial charge in [-0.05, 0) is 5.56 Å². The number of aliphatic hydroxyl groups excluding tert-OH is 2. The lowest BCUT2D eigenvalue weighted by atomic mass is 9.99. The van der Waals surface area contributed by atoms with Gasteiger partial charge in [-0.25, -0.2) is 0 Å². The van der Waals surface area contributed by atoms with Gasteiger partial charge < -0.3 is 29.2 Å². The number of carbonyl (C=O) groups is 1. The SMILES string of the molecule is CO[C@H]1[C@H](O)[C@@H](COCc2ccccc2)O[C@@H](O)[C@@H]1OC(C)=O. The van der Waals surface area contributed by atoms with Gasteiger partial charge in [0.25, 0.3) is 0 Å². The molecule has 1 aromatic carbocycles. The maximum absolute atomic E-state index is 11.1. The highest BCUT2D eigenvalue weighted by molar-refractivity contribution is 5.66. The fourth-order valence-electron chi connectivity index (χ4n) is 2.50. The number of carbonyl (C=O) groups excluding carboxylic acids is 1. The first-order valence-corrected chi connectivity index (χ1v) is 7.36. The van der Waals surface area contributed by atoms with Crippen LogP contribution in [-0.4, -0.2) is 60.6 Å². The molecule has 23 heavy (non-hydrogen) atoms. The number of rotatable bonds is 6. The third-order valence-electron chi connectivity index (χ3n) is 3.60. The molecule has 2 rings (SSSR count). The van der Waals surface area contributed by atoms with Crippen molar-refractivity contribution in [2.75, 3.05) is 13.7 Å². The summed E-state index contributed by atoms with van der Waals surface area (Å²) in [6.07, 6.45) is -5.25. The van der Waals surface area contributed by atoms with Crippen molar-refractivity contribution in [2.24, 2.45) is 0 Å². The Bertz CT molecular complexity index is 492. The van der Waals surface area contributed by atoms with Crippen molar-refractivity contribution in [1.29, 1.82) is 0 Å². The molecule has 0 radical (unpaired) electrons. The lowest BCUT2D eigenvalue weighted by Crippen LogP contribution is -2.60. The van der Waals surface area contributed by atoms with Crippen molar-refractivity contribution in [3.8, 4) is 0 Å². The number of benzene rings is 1. The van der Waals surface area contributed by atoms with E-state index < -0.39 is 36.7 Å². The lowest BCUT2D eigenvalue weighted by molar-refractivity contribution is -0.296. The minimum absolute atomic E-state index is 0.0692. The Labute approximate surface area is 134 Å². The molecule has 1 aliphatic rings. The molecule has 0 aliphatic carbocycles. The van der Waals surface area contributed by atoms with Gasteiger partial charge in [-0.1, -0.05) is 30.3 Å². The fourth-order valence-corrected chi connectivity index (χ4v) is 2.50. The highest BCUT2D eigenvalue weighted by Gasteiger charge is 2.47. The Morgan fingerprint density at radius 1 is 1.22 bits per heavy atom. The second kappa shape index (κ2) is 8.37. The van der Waals surface area contributed by atoms with Gasteiger partial charge in [-0.15, -0.1) is 0 Å². The molecule has 1 heterocycles. The second-order valence-corrected chi connectivity index (χ2v) is 5.33. The van der Waals surface area contributed by atoms with Crippen molar-refractivity contribution in [2.45, 2.75) is 44.2 Å². The Hall–Kier alpha value is -1.51. The van der Waals surface area contributed by atoms with Crippen LogP contribution >= 0.6 is 0 Å². The molecule has 0 amide bonds. The number of hydrogen-bond acceptors (Lipinski definition) is 7. The maximum atomic E-state index is 11.1. The molecule has 1 fully saturated rings. The van der Waals surface area contributed by atoms with E-state index in [4.69, 9.17) is 18.9 Å². The van der Waals surface area contributed by atoms with Gasteiger partial charge in [0.15, 0.2) is 12.4 Å². The van der Waals surface area contributed by atoms with Gasteiger partial charge >= 0.3 is 5.97 Å². The number of esters is 1. The standard InChI is InChI=1S/C16H22O7/c1-10(17)22-15-14(20-2)13(18)12(23-16(15)19)9-21-8-11-6-4-3-5-7-11/h3-7,12-16,18-19H,8-9H2,1-2H3/t12-,13-,14+,15-,16-/m1/s1. The normalized spacial score (nSPS) is 30.9. The van der Waals surface area contributed by atoms with Crippen LogP contribution in [0.5, 0.6) is 0 Å². The summed E-state index contributed by atoms with van der Waals surface area (Å²) in [5.74, 6) is -0.592. The molecule has 0 saturated carbocycles. The Morgan fingerprint density at radius 3 is 2.52 bits per heavy atom. The van der Waals surface area contributed by atoms with Crippen LogP contribution in [0.15, 0.2) is 30.3 Å². The predicted molar refractivity (Wildman–Crippen MR) is 79.3 cm³/mol. The highest BCUT2D eigenvalue weighted by atomic mass is 16.7. The van der Waals surface area contributed by atoms with Crippen molar-refractivity contribution < 1.29 is 34.0 Å². The molecule has 0 unspecified atom stereocenters. The first-order chi connectivity index (χ1) is 11.0. The summed E-state index contributed by atoms with van der Waals surface area (Å²) in [6, 6.07) is 9.55. The summed E-state index contributed by atoms with van der Waals surface area (Å²) in [7, 11) is 1.37. The maximum Gasteiger partial charge on any atom is 0.303 e. The number of methoxy groups -OCH3 is 1. The summed E-state index contributed by atoms with van der Waals surface area (Å²) in [5, 5.41) is 20.3. The molecule has 5 atom stereocenters. The largest absolute Gasteiger partial charge is 0.454 e. The molecule has 1 aromatic rings. The van der Waals surface area contributed by atoms with Gasteiger partial charge in [-0.3, -0.25) is 4.79 Å². The van der Waals surface area contributed by atoms with Crippen molar-refractivity contribution in [3.63, 3.8) is 0 Å². The number of hydrogen-bond donors (Lipinski definition) is 2. The third-order valence-corrected chi connectivity index (χ3v) is 3.60. The molecule has 1 saturated heterocycles. The van der Waals surface area contributed by atoms with E-state index in [1.165, 1.54) is 14.0 Å². The zero-order chi connectivity index (χ0) is 16.8. The van der Waals surface area contributed by atoms with E-state index in [1.54, 1.807) is 0 Å². The molecule has 7 nitrogen and oxygen atoms in total. The molecule has 0 spiro atoms. The Balaban J connectivity index is 1.91. The summed E-state index contributed by atoms with van der Waals surface area (Å²) in [4.78, 5) is 11.1. The van der Waals surface area contributed by atoms with Gasteiger partial charge in [0.05, 0.1) is 13.2 Å². The van der Waals surface area contributed by atoms with Crippen molar-refractivity contribution in [3.05, 3.63) is 35.9 Å². The summed E-state index contributed by atoms with van der Waals surface area (Å²) >= 11 is 0. The number of ether oxygens (including phenoxy) is 4. The van der Waals surface area contributed by atoms with Crippen LogP contribution in [-0.2, 0) is 30.3 Å². The summed E-state index contributed by atoms with van der Waals surface area (Å²) < 4.78 is 21.0. The molecule has 7 heteroatoms. The second-order valence-electron chi connectivity index (χ2n) is 5.33. The van der Waals surface area contributed by atoms with Crippen LogP contribution in [0.1, 0.15) is 12.5 Å². The van der Waals surface area contributed by atoms with E-state index in [0.29, 0.717) is 6.61 Å². The molecule has 2 N–H and O–H groups in total. The number of aliphatic hydroxyl groups is 2. The van der Waals surface area contributed by atoms with E-state index in [2.05, 4.69) is 0 Å². The zero-order valence-electron chi connectivity index (χ0n) is 13.1. The third kappa shape index (κ3) is 4.73. The molecule has 0 bridgehead atoms. The average molecular weight is 326 g/mol. The summed E-state index contributed by atoms with van der Waals surface area (Å²) in [6.45, 7) is 1.63. The van der Waals surface area contributed by atoms with Gasteiger partial charge in [0.1, 0.15) is 18.3 Å². The van der Waals surface area contributed by atoms with Crippen LogP contribution in [0.2, 0.25) is 0 Å². The first-order valence-electron chi connectivity index (χ1n) is 7.36. The van der Waals surface area contributed by atoms with E-state index in [-0.39, 0.29) is 6.61 Å². The molecule has 1 aliphatic heterocycles. The zero-order valence-corrected chi connectivity index (χ0v) is 13.1.